The number of benzene rings is 1. The highest BCUT2D eigenvalue weighted by Gasteiger charge is 2.22. The molecule has 0 atom stereocenters. The van der Waals surface area contributed by atoms with E-state index in [1.54, 1.807) is 44.5 Å². The summed E-state index contributed by atoms with van der Waals surface area (Å²) in [5.74, 6) is -0.959. The number of esters is 1. The minimum absolute atomic E-state index is 0.133. The van der Waals surface area contributed by atoms with Crippen LogP contribution in [0.15, 0.2) is 46.2 Å². The molecule has 0 spiro atoms. The second-order valence-corrected chi connectivity index (χ2v) is 5.56. The number of carbonyl (C=O) groups is 2. The molecule has 0 fully saturated rings. The van der Waals surface area contributed by atoms with Crippen LogP contribution in [0.5, 0.6) is 0 Å². The Hall–Kier alpha value is -2.34. The molecule has 120 valence electrons. The Kier molecular flexibility index (Phi) is 5.39. The van der Waals surface area contributed by atoms with E-state index >= 15 is 0 Å². The van der Waals surface area contributed by atoms with Gasteiger partial charge >= 0.3 is 5.97 Å². The zero-order chi connectivity index (χ0) is 17.0. The fraction of sp³-hybridized carbons (Fsp3) is 0.235. The maximum atomic E-state index is 12.7. The van der Waals surface area contributed by atoms with Gasteiger partial charge in [0, 0.05) is 12.6 Å². The minimum Gasteiger partial charge on any atom is -0.462 e. The Balaban J connectivity index is 2.65. The van der Waals surface area contributed by atoms with Crippen LogP contribution < -0.4 is 5.56 Å². The molecular formula is C17H17NO4S. The van der Waals surface area contributed by atoms with E-state index in [0.29, 0.717) is 16.2 Å². The molecule has 0 saturated heterocycles. The molecule has 5 nitrogen and oxygen atoms in total. The zero-order valence-electron chi connectivity index (χ0n) is 13.2. The molecule has 0 aliphatic carbocycles. The molecule has 0 radical (unpaired) electrons. The van der Waals surface area contributed by atoms with Crippen molar-refractivity contribution < 1.29 is 14.3 Å². The number of pyridine rings is 1. The summed E-state index contributed by atoms with van der Waals surface area (Å²) >= 11 is 1.28. The zero-order valence-corrected chi connectivity index (χ0v) is 14.0. The molecule has 0 N–H and O–H groups in total. The van der Waals surface area contributed by atoms with Crippen LogP contribution in [0.4, 0.5) is 0 Å². The number of hydrogen-bond acceptors (Lipinski definition) is 5. The van der Waals surface area contributed by atoms with Gasteiger partial charge in [-0.3, -0.25) is 9.59 Å². The normalized spacial score (nSPS) is 10.4. The SMILES string of the molecule is CCOC(=O)c1cc(C(=O)c2ccccc2)c(SC)n(C)c1=O. The van der Waals surface area contributed by atoms with Crippen LogP contribution in [0.2, 0.25) is 0 Å². The summed E-state index contributed by atoms with van der Waals surface area (Å²) in [6.45, 7) is 1.82. The Morgan fingerprint density at radius 1 is 1.17 bits per heavy atom. The van der Waals surface area contributed by atoms with Crippen LogP contribution in [0, 0.1) is 0 Å². The fourth-order valence-corrected chi connectivity index (χ4v) is 2.96. The average molecular weight is 331 g/mol. The van der Waals surface area contributed by atoms with Crippen LogP contribution in [-0.2, 0) is 11.8 Å². The van der Waals surface area contributed by atoms with E-state index in [-0.39, 0.29) is 18.0 Å². The predicted octanol–water partition coefficient (Wildman–Crippen LogP) is 2.51. The summed E-state index contributed by atoms with van der Waals surface area (Å²) in [5, 5.41) is 0.511. The van der Waals surface area contributed by atoms with E-state index in [1.807, 2.05) is 6.07 Å². The highest BCUT2D eigenvalue weighted by molar-refractivity contribution is 7.98. The van der Waals surface area contributed by atoms with Crippen molar-refractivity contribution in [3.63, 3.8) is 0 Å². The summed E-state index contributed by atoms with van der Waals surface area (Å²) < 4.78 is 6.22. The molecule has 6 heteroatoms. The molecule has 2 rings (SSSR count). The van der Waals surface area contributed by atoms with Crippen molar-refractivity contribution in [3.8, 4) is 0 Å². The number of thioether (sulfide) groups is 1. The highest BCUT2D eigenvalue weighted by atomic mass is 32.2. The second kappa shape index (κ2) is 7.28. The highest BCUT2D eigenvalue weighted by Crippen LogP contribution is 2.22. The number of aromatic nitrogens is 1. The van der Waals surface area contributed by atoms with Crippen molar-refractivity contribution in [1.82, 2.24) is 4.57 Å². The Morgan fingerprint density at radius 2 is 1.83 bits per heavy atom. The van der Waals surface area contributed by atoms with Crippen LogP contribution in [0.1, 0.15) is 33.2 Å². The van der Waals surface area contributed by atoms with E-state index in [4.69, 9.17) is 4.74 Å². The maximum Gasteiger partial charge on any atom is 0.343 e. The molecule has 0 bridgehead atoms. The van der Waals surface area contributed by atoms with Gasteiger partial charge in [-0.2, -0.15) is 0 Å². The minimum atomic E-state index is -0.720. The Bertz CT molecular complexity index is 796. The monoisotopic (exact) mass is 331 g/mol. The summed E-state index contributed by atoms with van der Waals surface area (Å²) in [7, 11) is 1.54. The van der Waals surface area contributed by atoms with Crippen LogP contribution in [0.3, 0.4) is 0 Å². The van der Waals surface area contributed by atoms with Crippen LogP contribution in [0.25, 0.3) is 0 Å². The van der Waals surface area contributed by atoms with Crippen LogP contribution >= 0.6 is 11.8 Å². The number of rotatable bonds is 5. The average Bonchev–Trinajstić information content (AvgIpc) is 2.57. The third kappa shape index (κ3) is 3.37. The molecule has 1 heterocycles. The lowest BCUT2D eigenvalue weighted by Crippen LogP contribution is -2.28. The first kappa shape index (κ1) is 17.0. The number of ether oxygens (including phenoxy) is 1. The van der Waals surface area contributed by atoms with Crippen molar-refractivity contribution in [1.29, 1.82) is 0 Å². The fourth-order valence-electron chi connectivity index (χ4n) is 2.23. The molecule has 1 aromatic heterocycles. The molecule has 0 aliphatic rings. The summed E-state index contributed by atoms with van der Waals surface area (Å²) in [6, 6.07) is 10.1. The first-order chi connectivity index (χ1) is 11.0. The number of nitrogens with zero attached hydrogens (tertiary/aromatic N) is 1. The molecule has 0 saturated carbocycles. The van der Waals surface area contributed by atoms with E-state index < -0.39 is 11.5 Å². The Labute approximate surface area is 138 Å². The van der Waals surface area contributed by atoms with Crippen molar-refractivity contribution in [2.75, 3.05) is 12.9 Å². The van der Waals surface area contributed by atoms with Gasteiger partial charge in [0.1, 0.15) is 5.56 Å². The largest absolute Gasteiger partial charge is 0.462 e. The van der Waals surface area contributed by atoms with Crippen molar-refractivity contribution in [2.45, 2.75) is 11.9 Å². The number of ketones is 1. The lowest BCUT2D eigenvalue weighted by atomic mass is 10.0. The first-order valence-corrected chi connectivity index (χ1v) is 8.28. The van der Waals surface area contributed by atoms with E-state index in [9.17, 15) is 14.4 Å². The molecule has 0 amide bonds. The first-order valence-electron chi connectivity index (χ1n) is 7.06. The van der Waals surface area contributed by atoms with Gasteiger partial charge in [-0.05, 0) is 19.2 Å². The van der Waals surface area contributed by atoms with Gasteiger partial charge < -0.3 is 9.30 Å². The van der Waals surface area contributed by atoms with E-state index in [2.05, 4.69) is 0 Å². The second-order valence-electron chi connectivity index (χ2n) is 4.76. The lowest BCUT2D eigenvalue weighted by Gasteiger charge is -2.13. The van der Waals surface area contributed by atoms with Gasteiger partial charge in [0.25, 0.3) is 5.56 Å². The molecule has 2 aromatic rings. The number of carbonyl (C=O) groups excluding carboxylic acids is 2. The standard InChI is InChI=1S/C17H17NO4S/c1-4-22-17(21)13-10-12(16(23-3)18(2)15(13)20)14(19)11-8-6-5-7-9-11/h5-10H,4H2,1-3H3. The summed E-state index contributed by atoms with van der Waals surface area (Å²) in [6.07, 6.45) is 1.78. The van der Waals surface area contributed by atoms with Crippen molar-refractivity contribution in [3.05, 3.63) is 63.4 Å². The smallest absolute Gasteiger partial charge is 0.343 e. The van der Waals surface area contributed by atoms with Gasteiger partial charge in [0.2, 0.25) is 0 Å². The van der Waals surface area contributed by atoms with E-state index in [0.717, 1.165) is 0 Å². The molecule has 1 aromatic carbocycles. The topological polar surface area (TPSA) is 65.4 Å². The molecule has 23 heavy (non-hydrogen) atoms. The van der Waals surface area contributed by atoms with Gasteiger partial charge in [-0.15, -0.1) is 11.8 Å². The lowest BCUT2D eigenvalue weighted by molar-refractivity contribution is 0.0523. The van der Waals surface area contributed by atoms with Crippen molar-refractivity contribution >= 4 is 23.5 Å². The van der Waals surface area contributed by atoms with Gasteiger partial charge in [0.05, 0.1) is 17.2 Å². The third-order valence-electron chi connectivity index (χ3n) is 3.33. The van der Waals surface area contributed by atoms with Gasteiger partial charge in [-0.25, -0.2) is 4.79 Å². The van der Waals surface area contributed by atoms with E-state index in [1.165, 1.54) is 22.4 Å². The predicted molar refractivity (Wildman–Crippen MR) is 89.3 cm³/mol. The van der Waals surface area contributed by atoms with Crippen LogP contribution in [-0.4, -0.2) is 29.2 Å². The number of hydrogen-bond donors (Lipinski definition) is 0. The maximum absolute atomic E-state index is 12.7. The third-order valence-corrected chi connectivity index (χ3v) is 4.21. The molecule has 0 unspecified atom stereocenters. The van der Waals surface area contributed by atoms with Gasteiger partial charge in [-0.1, -0.05) is 30.3 Å². The summed E-state index contributed by atoms with van der Waals surface area (Å²) in [4.78, 5) is 37.0. The summed E-state index contributed by atoms with van der Waals surface area (Å²) in [5.41, 5.74) is 0.203. The van der Waals surface area contributed by atoms with Gasteiger partial charge in [0.15, 0.2) is 5.78 Å². The van der Waals surface area contributed by atoms with Crippen molar-refractivity contribution in [2.24, 2.45) is 7.05 Å². The molecular weight excluding hydrogens is 314 g/mol. The Morgan fingerprint density at radius 3 is 2.39 bits per heavy atom. The molecule has 0 aliphatic heterocycles. The quantitative estimate of drug-likeness (QED) is 0.478.